The first-order chi connectivity index (χ1) is 12.8. The number of nitrogens with zero attached hydrogens (tertiary/aromatic N) is 3. The molecule has 0 amide bonds. The monoisotopic (exact) mass is 371 g/mol. The maximum absolute atomic E-state index is 4.38. The summed E-state index contributed by atoms with van der Waals surface area (Å²) >= 11 is 1.84. The maximum atomic E-state index is 4.38. The minimum atomic E-state index is 0.428. The molecule has 6 heteroatoms. The van der Waals surface area contributed by atoms with E-state index >= 15 is 0 Å². The Morgan fingerprint density at radius 1 is 1.27 bits per heavy atom. The predicted molar refractivity (Wildman–Crippen MR) is 110 cm³/mol. The normalized spacial score (nSPS) is 16.6. The summed E-state index contributed by atoms with van der Waals surface area (Å²) in [5, 5.41) is 9.11. The van der Waals surface area contributed by atoms with Gasteiger partial charge in [0.2, 0.25) is 0 Å². The van der Waals surface area contributed by atoms with Crippen LogP contribution in [-0.4, -0.2) is 49.1 Å². The SMILES string of the molecule is CN=C(NCCc1ccc(C)nc1)NCC(c1cccs1)N1CCCC1. The Hall–Kier alpha value is -1.92. The van der Waals surface area contributed by atoms with Crippen LogP contribution in [0.3, 0.4) is 0 Å². The fraction of sp³-hybridized carbons (Fsp3) is 0.500. The molecule has 0 bridgehead atoms. The summed E-state index contributed by atoms with van der Waals surface area (Å²) in [5.74, 6) is 0.867. The third-order valence-electron chi connectivity index (χ3n) is 4.82. The Bertz CT molecular complexity index is 675. The van der Waals surface area contributed by atoms with Crippen LogP contribution in [0, 0.1) is 6.92 Å². The second-order valence-corrected chi connectivity index (χ2v) is 7.69. The van der Waals surface area contributed by atoms with Crippen molar-refractivity contribution in [1.82, 2.24) is 20.5 Å². The lowest BCUT2D eigenvalue weighted by atomic mass is 10.2. The molecule has 0 radical (unpaired) electrons. The van der Waals surface area contributed by atoms with E-state index in [1.54, 1.807) is 0 Å². The van der Waals surface area contributed by atoms with Crippen molar-refractivity contribution in [1.29, 1.82) is 0 Å². The molecule has 3 heterocycles. The molecule has 3 rings (SSSR count). The van der Waals surface area contributed by atoms with Crippen LogP contribution in [0.1, 0.15) is 35.0 Å². The van der Waals surface area contributed by atoms with Crippen LogP contribution in [0.4, 0.5) is 0 Å². The highest BCUT2D eigenvalue weighted by molar-refractivity contribution is 7.10. The smallest absolute Gasteiger partial charge is 0.191 e. The van der Waals surface area contributed by atoms with Crippen molar-refractivity contribution >= 4 is 17.3 Å². The van der Waals surface area contributed by atoms with Crippen molar-refractivity contribution in [3.63, 3.8) is 0 Å². The van der Waals surface area contributed by atoms with Crippen LogP contribution in [0.2, 0.25) is 0 Å². The van der Waals surface area contributed by atoms with E-state index < -0.39 is 0 Å². The van der Waals surface area contributed by atoms with Gasteiger partial charge in [-0.05, 0) is 62.4 Å². The molecular formula is C20H29N5S. The van der Waals surface area contributed by atoms with Crippen LogP contribution >= 0.6 is 11.3 Å². The van der Waals surface area contributed by atoms with Gasteiger partial charge in [0.15, 0.2) is 5.96 Å². The summed E-state index contributed by atoms with van der Waals surface area (Å²) in [4.78, 5) is 12.7. The molecule has 1 saturated heterocycles. The van der Waals surface area contributed by atoms with E-state index in [0.29, 0.717) is 6.04 Å². The maximum Gasteiger partial charge on any atom is 0.191 e. The van der Waals surface area contributed by atoms with Crippen LogP contribution < -0.4 is 10.6 Å². The van der Waals surface area contributed by atoms with Gasteiger partial charge in [-0.1, -0.05) is 12.1 Å². The molecule has 0 spiro atoms. The first-order valence-electron chi connectivity index (χ1n) is 9.40. The lowest BCUT2D eigenvalue weighted by Gasteiger charge is -2.27. The largest absolute Gasteiger partial charge is 0.356 e. The summed E-state index contributed by atoms with van der Waals surface area (Å²) in [6, 6.07) is 9.02. The number of aromatic nitrogens is 1. The molecule has 2 aromatic heterocycles. The average Bonchev–Trinajstić information content (AvgIpc) is 3.36. The molecular weight excluding hydrogens is 342 g/mol. The molecule has 140 valence electrons. The first kappa shape index (κ1) is 18.9. The fourth-order valence-corrected chi connectivity index (χ4v) is 4.19. The fourth-order valence-electron chi connectivity index (χ4n) is 3.33. The number of nitrogens with one attached hydrogen (secondary N) is 2. The molecule has 26 heavy (non-hydrogen) atoms. The molecule has 0 aromatic carbocycles. The molecule has 2 aromatic rings. The summed E-state index contributed by atoms with van der Waals surface area (Å²) < 4.78 is 0. The zero-order chi connectivity index (χ0) is 18.2. The van der Waals surface area contributed by atoms with E-state index in [0.717, 1.165) is 31.2 Å². The minimum absolute atomic E-state index is 0.428. The van der Waals surface area contributed by atoms with Gasteiger partial charge >= 0.3 is 0 Å². The van der Waals surface area contributed by atoms with E-state index in [1.165, 1.54) is 36.4 Å². The van der Waals surface area contributed by atoms with Crippen molar-refractivity contribution in [3.05, 3.63) is 52.0 Å². The summed E-state index contributed by atoms with van der Waals surface area (Å²) in [7, 11) is 1.83. The molecule has 0 aliphatic carbocycles. The number of thiophene rings is 1. The first-order valence-corrected chi connectivity index (χ1v) is 10.3. The van der Waals surface area contributed by atoms with Crippen molar-refractivity contribution in [3.8, 4) is 0 Å². The lowest BCUT2D eigenvalue weighted by Crippen LogP contribution is -2.43. The van der Waals surface area contributed by atoms with Crippen molar-refractivity contribution < 1.29 is 0 Å². The van der Waals surface area contributed by atoms with Gasteiger partial charge in [0.1, 0.15) is 0 Å². The Balaban J connectivity index is 1.49. The lowest BCUT2D eigenvalue weighted by molar-refractivity contribution is 0.249. The number of rotatable bonds is 7. The number of aliphatic imine (C=N–C) groups is 1. The Kier molecular flexibility index (Phi) is 7.03. The molecule has 1 aliphatic rings. The van der Waals surface area contributed by atoms with Crippen molar-refractivity contribution in [2.75, 3.05) is 33.2 Å². The molecule has 1 atom stereocenters. The predicted octanol–water partition coefficient (Wildman–Crippen LogP) is 3.00. The zero-order valence-electron chi connectivity index (χ0n) is 15.7. The highest BCUT2D eigenvalue weighted by Crippen LogP contribution is 2.27. The van der Waals surface area contributed by atoms with Gasteiger partial charge in [-0.2, -0.15) is 0 Å². The minimum Gasteiger partial charge on any atom is -0.356 e. The van der Waals surface area contributed by atoms with Crippen molar-refractivity contribution in [2.45, 2.75) is 32.2 Å². The van der Waals surface area contributed by atoms with Gasteiger partial charge in [0.25, 0.3) is 0 Å². The van der Waals surface area contributed by atoms with Gasteiger partial charge in [-0.25, -0.2) is 0 Å². The van der Waals surface area contributed by atoms with E-state index in [-0.39, 0.29) is 0 Å². The molecule has 1 aliphatic heterocycles. The standard InChI is InChI=1S/C20H29N5S/c1-16-7-8-17(14-23-16)9-10-22-20(21-2)24-15-18(19-6-5-13-26-19)25-11-3-4-12-25/h5-8,13-14,18H,3-4,9-12,15H2,1-2H3,(H2,21,22,24). The average molecular weight is 372 g/mol. The second kappa shape index (κ2) is 9.69. The van der Waals surface area contributed by atoms with Gasteiger partial charge in [-0.3, -0.25) is 14.9 Å². The zero-order valence-corrected chi connectivity index (χ0v) is 16.6. The summed E-state index contributed by atoms with van der Waals surface area (Å²) in [6.07, 6.45) is 5.50. The Morgan fingerprint density at radius 3 is 2.77 bits per heavy atom. The third-order valence-corrected chi connectivity index (χ3v) is 5.79. The van der Waals surface area contributed by atoms with Gasteiger partial charge in [0.05, 0.1) is 6.04 Å². The number of likely N-dealkylation sites (tertiary alicyclic amines) is 1. The van der Waals surface area contributed by atoms with E-state index in [2.05, 4.69) is 55.2 Å². The van der Waals surface area contributed by atoms with Crippen LogP contribution in [0.25, 0.3) is 0 Å². The Labute approximate surface area is 160 Å². The highest BCUT2D eigenvalue weighted by Gasteiger charge is 2.24. The van der Waals surface area contributed by atoms with Gasteiger partial charge < -0.3 is 10.6 Å². The molecule has 0 saturated carbocycles. The summed E-state index contributed by atoms with van der Waals surface area (Å²) in [5.41, 5.74) is 2.30. The third kappa shape index (κ3) is 5.29. The molecule has 1 fully saturated rings. The Morgan fingerprint density at radius 2 is 2.12 bits per heavy atom. The van der Waals surface area contributed by atoms with E-state index in [4.69, 9.17) is 0 Å². The second-order valence-electron chi connectivity index (χ2n) is 6.71. The molecule has 2 N–H and O–H groups in total. The quantitative estimate of drug-likeness (QED) is 0.580. The number of aryl methyl sites for hydroxylation is 1. The summed E-state index contributed by atoms with van der Waals surface area (Å²) in [6.45, 7) is 6.12. The van der Waals surface area contributed by atoms with Gasteiger partial charge in [-0.15, -0.1) is 11.3 Å². The van der Waals surface area contributed by atoms with E-state index in [9.17, 15) is 0 Å². The number of guanidine groups is 1. The number of hydrogen-bond acceptors (Lipinski definition) is 4. The van der Waals surface area contributed by atoms with E-state index in [1.807, 2.05) is 31.5 Å². The van der Waals surface area contributed by atoms with Gasteiger partial charge in [0, 0.05) is 36.9 Å². The van der Waals surface area contributed by atoms with Crippen LogP contribution in [-0.2, 0) is 6.42 Å². The topological polar surface area (TPSA) is 52.6 Å². The highest BCUT2D eigenvalue weighted by atomic mass is 32.1. The number of pyridine rings is 1. The number of hydrogen-bond donors (Lipinski definition) is 2. The molecule has 5 nitrogen and oxygen atoms in total. The molecule has 1 unspecified atom stereocenters. The van der Waals surface area contributed by atoms with Crippen LogP contribution in [0.15, 0.2) is 40.8 Å². The van der Waals surface area contributed by atoms with Crippen molar-refractivity contribution in [2.24, 2.45) is 4.99 Å². The van der Waals surface area contributed by atoms with Crippen LogP contribution in [0.5, 0.6) is 0 Å².